The van der Waals surface area contributed by atoms with E-state index in [4.69, 9.17) is 5.73 Å². The van der Waals surface area contributed by atoms with Gasteiger partial charge < -0.3 is 15.7 Å². The van der Waals surface area contributed by atoms with Crippen LogP contribution >= 0.6 is 0 Å². The van der Waals surface area contributed by atoms with E-state index in [1.165, 1.54) is 0 Å². The molecule has 1 aliphatic carbocycles. The lowest BCUT2D eigenvalue weighted by molar-refractivity contribution is -0.132. The van der Waals surface area contributed by atoms with Gasteiger partial charge in [0, 0.05) is 26.1 Å². The monoisotopic (exact) mass is 256 g/mol. The van der Waals surface area contributed by atoms with E-state index in [1.54, 1.807) is 25.8 Å². The first-order valence-electron chi connectivity index (χ1n) is 7.00. The quantitative estimate of drug-likeness (QED) is 0.783. The molecule has 4 nitrogen and oxygen atoms in total. The first kappa shape index (κ1) is 15.4. The molecule has 0 aromatic heterocycles. The van der Waals surface area contributed by atoms with E-state index < -0.39 is 5.60 Å². The first-order chi connectivity index (χ1) is 8.28. The van der Waals surface area contributed by atoms with Crippen LogP contribution in [0.15, 0.2) is 0 Å². The molecule has 1 aliphatic rings. The molecule has 1 rings (SSSR count). The smallest absolute Gasteiger partial charge is 0.222 e. The lowest BCUT2D eigenvalue weighted by Gasteiger charge is -2.28. The van der Waals surface area contributed by atoms with Gasteiger partial charge in [-0.3, -0.25) is 4.79 Å². The zero-order chi connectivity index (χ0) is 13.8. The van der Waals surface area contributed by atoms with Crippen LogP contribution in [-0.2, 0) is 4.79 Å². The third-order valence-electron chi connectivity index (χ3n) is 3.71. The van der Waals surface area contributed by atoms with Crippen molar-refractivity contribution in [2.24, 2.45) is 11.7 Å². The van der Waals surface area contributed by atoms with Crippen molar-refractivity contribution in [1.82, 2.24) is 4.90 Å². The Kier molecular flexibility index (Phi) is 5.60. The largest absolute Gasteiger partial charge is 0.389 e. The van der Waals surface area contributed by atoms with E-state index in [2.05, 4.69) is 0 Å². The summed E-state index contributed by atoms with van der Waals surface area (Å²) in [4.78, 5) is 13.6. The Morgan fingerprint density at radius 2 is 1.89 bits per heavy atom. The highest BCUT2D eigenvalue weighted by Crippen LogP contribution is 2.27. The molecule has 0 saturated heterocycles. The number of amides is 1. The van der Waals surface area contributed by atoms with Crippen molar-refractivity contribution in [3.8, 4) is 0 Å². The molecular weight excluding hydrogens is 228 g/mol. The van der Waals surface area contributed by atoms with Gasteiger partial charge in [-0.15, -0.1) is 0 Å². The Hall–Kier alpha value is -0.610. The van der Waals surface area contributed by atoms with Gasteiger partial charge in [0.25, 0.3) is 0 Å². The number of hydrogen-bond donors (Lipinski definition) is 2. The molecule has 1 fully saturated rings. The standard InChI is InChI=1S/C14H28N2O2/c1-14(2,18)10-16(3)13(17)9-6-11-4-7-12(15)8-5-11/h11-12,18H,4-10,15H2,1-3H3. The predicted octanol–water partition coefficient (Wildman–Crippen LogP) is 1.51. The van der Waals surface area contributed by atoms with E-state index >= 15 is 0 Å². The Labute approximate surface area is 111 Å². The van der Waals surface area contributed by atoms with E-state index in [1.807, 2.05) is 0 Å². The van der Waals surface area contributed by atoms with Gasteiger partial charge in [-0.1, -0.05) is 0 Å². The third-order valence-corrected chi connectivity index (χ3v) is 3.71. The topological polar surface area (TPSA) is 66.6 Å². The van der Waals surface area contributed by atoms with Crippen LogP contribution in [0, 0.1) is 5.92 Å². The highest BCUT2D eigenvalue weighted by Gasteiger charge is 2.22. The highest BCUT2D eigenvalue weighted by atomic mass is 16.3. The maximum atomic E-state index is 11.9. The fraction of sp³-hybridized carbons (Fsp3) is 0.929. The van der Waals surface area contributed by atoms with Crippen molar-refractivity contribution in [3.05, 3.63) is 0 Å². The molecule has 0 aromatic rings. The molecule has 0 aliphatic heterocycles. The minimum absolute atomic E-state index is 0.131. The van der Waals surface area contributed by atoms with Crippen LogP contribution in [0.4, 0.5) is 0 Å². The average molecular weight is 256 g/mol. The molecule has 0 aromatic carbocycles. The van der Waals surface area contributed by atoms with Gasteiger partial charge in [0.15, 0.2) is 0 Å². The van der Waals surface area contributed by atoms with Gasteiger partial charge in [-0.05, 0) is 51.9 Å². The van der Waals surface area contributed by atoms with Gasteiger partial charge in [0.2, 0.25) is 5.91 Å². The molecule has 0 spiro atoms. The molecule has 18 heavy (non-hydrogen) atoms. The summed E-state index contributed by atoms with van der Waals surface area (Å²) in [5, 5.41) is 9.68. The second kappa shape index (κ2) is 6.53. The van der Waals surface area contributed by atoms with Crippen LogP contribution in [0.1, 0.15) is 52.4 Å². The van der Waals surface area contributed by atoms with Crippen LogP contribution < -0.4 is 5.73 Å². The zero-order valence-corrected chi connectivity index (χ0v) is 12.0. The van der Waals surface area contributed by atoms with E-state index in [9.17, 15) is 9.90 Å². The number of carbonyl (C=O) groups is 1. The summed E-state index contributed by atoms with van der Waals surface area (Å²) in [5.74, 6) is 0.788. The number of nitrogens with zero attached hydrogens (tertiary/aromatic N) is 1. The van der Waals surface area contributed by atoms with E-state index in [0.29, 0.717) is 24.9 Å². The van der Waals surface area contributed by atoms with Crippen molar-refractivity contribution < 1.29 is 9.90 Å². The minimum Gasteiger partial charge on any atom is -0.389 e. The summed E-state index contributed by atoms with van der Waals surface area (Å²) in [5.41, 5.74) is 5.05. The summed E-state index contributed by atoms with van der Waals surface area (Å²) < 4.78 is 0. The fourth-order valence-corrected chi connectivity index (χ4v) is 2.66. The lowest BCUT2D eigenvalue weighted by Crippen LogP contribution is -2.39. The summed E-state index contributed by atoms with van der Waals surface area (Å²) in [7, 11) is 1.76. The maximum absolute atomic E-state index is 11.9. The fourth-order valence-electron chi connectivity index (χ4n) is 2.66. The van der Waals surface area contributed by atoms with E-state index in [0.717, 1.165) is 32.1 Å². The van der Waals surface area contributed by atoms with Crippen molar-refractivity contribution >= 4 is 5.91 Å². The second-order valence-corrected chi connectivity index (χ2v) is 6.38. The predicted molar refractivity (Wildman–Crippen MR) is 73.1 cm³/mol. The lowest BCUT2D eigenvalue weighted by atomic mass is 9.84. The van der Waals surface area contributed by atoms with Crippen LogP contribution in [0.25, 0.3) is 0 Å². The van der Waals surface area contributed by atoms with Crippen molar-refractivity contribution in [2.75, 3.05) is 13.6 Å². The number of hydrogen-bond acceptors (Lipinski definition) is 3. The normalized spacial score (nSPS) is 24.9. The van der Waals surface area contributed by atoms with Crippen LogP contribution in [0.3, 0.4) is 0 Å². The molecule has 0 heterocycles. The summed E-state index contributed by atoms with van der Waals surface area (Å²) in [6.45, 7) is 3.83. The van der Waals surface area contributed by atoms with Crippen molar-refractivity contribution in [2.45, 2.75) is 64.0 Å². The Bertz CT molecular complexity index is 265. The molecule has 4 heteroatoms. The molecule has 0 radical (unpaired) electrons. The first-order valence-corrected chi connectivity index (χ1v) is 7.00. The maximum Gasteiger partial charge on any atom is 0.222 e. The molecule has 0 unspecified atom stereocenters. The van der Waals surface area contributed by atoms with Gasteiger partial charge in [0.05, 0.1) is 5.60 Å². The van der Waals surface area contributed by atoms with Gasteiger partial charge >= 0.3 is 0 Å². The van der Waals surface area contributed by atoms with Gasteiger partial charge in [-0.25, -0.2) is 0 Å². The van der Waals surface area contributed by atoms with Crippen LogP contribution in [0.2, 0.25) is 0 Å². The van der Waals surface area contributed by atoms with Gasteiger partial charge in [-0.2, -0.15) is 0 Å². The Morgan fingerprint density at radius 3 is 2.39 bits per heavy atom. The second-order valence-electron chi connectivity index (χ2n) is 6.38. The number of nitrogens with two attached hydrogens (primary N) is 1. The number of likely N-dealkylation sites (N-methyl/N-ethyl adjacent to an activating group) is 1. The molecule has 0 bridgehead atoms. The molecule has 106 valence electrons. The van der Waals surface area contributed by atoms with E-state index in [-0.39, 0.29) is 5.91 Å². The molecular formula is C14H28N2O2. The number of carbonyl (C=O) groups excluding carboxylic acids is 1. The minimum atomic E-state index is -0.817. The molecule has 0 atom stereocenters. The van der Waals surface area contributed by atoms with Gasteiger partial charge in [0.1, 0.15) is 0 Å². The Morgan fingerprint density at radius 1 is 1.33 bits per heavy atom. The van der Waals surface area contributed by atoms with Crippen LogP contribution in [-0.4, -0.2) is 41.1 Å². The molecule has 1 saturated carbocycles. The van der Waals surface area contributed by atoms with Crippen molar-refractivity contribution in [3.63, 3.8) is 0 Å². The zero-order valence-electron chi connectivity index (χ0n) is 12.0. The highest BCUT2D eigenvalue weighted by molar-refractivity contribution is 5.75. The summed E-state index contributed by atoms with van der Waals surface area (Å²) >= 11 is 0. The number of aliphatic hydroxyl groups is 1. The number of rotatable bonds is 5. The molecule has 3 N–H and O–H groups in total. The average Bonchev–Trinajstić information content (AvgIpc) is 2.25. The Balaban J connectivity index is 2.24. The third kappa shape index (κ3) is 5.83. The SMILES string of the molecule is CN(CC(C)(C)O)C(=O)CCC1CCC(N)CC1. The molecule has 1 amide bonds. The van der Waals surface area contributed by atoms with Crippen LogP contribution in [0.5, 0.6) is 0 Å². The summed E-state index contributed by atoms with van der Waals surface area (Å²) in [6, 6.07) is 0.370. The van der Waals surface area contributed by atoms with Crippen molar-refractivity contribution in [1.29, 1.82) is 0 Å². The summed E-state index contributed by atoms with van der Waals surface area (Å²) in [6.07, 6.45) is 6.05.